The summed E-state index contributed by atoms with van der Waals surface area (Å²) in [4.78, 5) is 32.4. The number of nitrogens with zero attached hydrogens (tertiary/aromatic N) is 3. The smallest absolute Gasteiger partial charge is 0.261 e. The van der Waals surface area contributed by atoms with Crippen molar-refractivity contribution in [3.63, 3.8) is 0 Å². The van der Waals surface area contributed by atoms with E-state index in [1.807, 2.05) is 9.47 Å². The number of benzene rings is 1. The number of hydrogen-bond acceptors (Lipinski definition) is 3. The Morgan fingerprint density at radius 2 is 1.85 bits per heavy atom. The van der Waals surface area contributed by atoms with Crippen molar-refractivity contribution in [2.75, 3.05) is 13.1 Å². The summed E-state index contributed by atoms with van der Waals surface area (Å²) in [5, 5.41) is 0.614. The number of rotatable bonds is 5. The summed E-state index contributed by atoms with van der Waals surface area (Å²) in [5.41, 5.74) is 1.31. The number of carbonyl (C=O) groups excluding carboxylic acids is 1. The molecule has 1 aliphatic rings. The predicted molar refractivity (Wildman–Crippen MR) is 105 cm³/mol. The van der Waals surface area contributed by atoms with Gasteiger partial charge in [-0.15, -0.1) is 0 Å². The Labute approximate surface area is 155 Å². The largest absolute Gasteiger partial charge is 0.339 e. The third-order valence-electron chi connectivity index (χ3n) is 5.09. The van der Waals surface area contributed by atoms with Crippen molar-refractivity contribution in [1.82, 2.24) is 14.5 Å². The molecule has 0 fully saturated rings. The zero-order valence-corrected chi connectivity index (χ0v) is 16.0. The molecule has 3 rings (SSSR count). The van der Waals surface area contributed by atoms with E-state index < -0.39 is 0 Å². The van der Waals surface area contributed by atoms with E-state index in [1.54, 1.807) is 18.2 Å². The molecule has 0 saturated carbocycles. The first-order valence-electron chi connectivity index (χ1n) is 9.98. The molecule has 1 amide bonds. The molecule has 140 valence electrons. The van der Waals surface area contributed by atoms with Crippen molar-refractivity contribution in [3.8, 4) is 0 Å². The molecule has 0 saturated heterocycles. The molecule has 0 unspecified atom stereocenters. The highest BCUT2D eigenvalue weighted by molar-refractivity contribution is 5.97. The number of amides is 1. The number of aryl methyl sites for hydroxylation is 1. The van der Waals surface area contributed by atoms with E-state index in [2.05, 4.69) is 13.8 Å². The lowest BCUT2D eigenvalue weighted by Crippen LogP contribution is -2.32. The summed E-state index contributed by atoms with van der Waals surface area (Å²) in [6.45, 7) is 6.42. The van der Waals surface area contributed by atoms with Crippen LogP contribution in [0.2, 0.25) is 0 Å². The molecule has 0 spiro atoms. The fourth-order valence-corrected chi connectivity index (χ4v) is 3.77. The first-order chi connectivity index (χ1) is 12.7. The van der Waals surface area contributed by atoms with Gasteiger partial charge in [-0.2, -0.15) is 0 Å². The van der Waals surface area contributed by atoms with Crippen LogP contribution in [0.5, 0.6) is 0 Å². The van der Waals surface area contributed by atoms with E-state index in [0.717, 1.165) is 57.6 Å². The van der Waals surface area contributed by atoms with Crippen molar-refractivity contribution in [3.05, 3.63) is 39.9 Å². The Morgan fingerprint density at radius 1 is 1.12 bits per heavy atom. The lowest BCUT2D eigenvalue weighted by Gasteiger charge is -2.22. The number of aromatic nitrogens is 2. The van der Waals surface area contributed by atoms with Gasteiger partial charge in [0.2, 0.25) is 0 Å². The van der Waals surface area contributed by atoms with Crippen LogP contribution < -0.4 is 5.56 Å². The highest BCUT2D eigenvalue weighted by Crippen LogP contribution is 2.17. The Hall–Kier alpha value is -2.17. The van der Waals surface area contributed by atoms with Gasteiger partial charge in [0, 0.05) is 31.6 Å². The van der Waals surface area contributed by atoms with E-state index in [-0.39, 0.29) is 11.5 Å². The van der Waals surface area contributed by atoms with Crippen LogP contribution >= 0.6 is 0 Å². The first-order valence-corrected chi connectivity index (χ1v) is 9.98. The summed E-state index contributed by atoms with van der Waals surface area (Å²) in [7, 11) is 0. The Bertz CT molecular complexity index is 835. The Morgan fingerprint density at radius 3 is 2.58 bits per heavy atom. The minimum Gasteiger partial charge on any atom is -0.339 e. The van der Waals surface area contributed by atoms with Crippen LogP contribution in [0.15, 0.2) is 23.0 Å². The zero-order chi connectivity index (χ0) is 18.5. The van der Waals surface area contributed by atoms with E-state index >= 15 is 0 Å². The average Bonchev–Trinajstić information content (AvgIpc) is 2.62. The number of fused-ring (bicyclic) bond motifs is 2. The first kappa shape index (κ1) is 18.6. The lowest BCUT2D eigenvalue weighted by atomic mass is 10.1. The van der Waals surface area contributed by atoms with Crippen molar-refractivity contribution in [1.29, 1.82) is 0 Å². The fraction of sp³-hybridized carbons (Fsp3) is 0.571. The molecule has 0 bridgehead atoms. The van der Waals surface area contributed by atoms with Crippen LogP contribution in [0.3, 0.4) is 0 Å². The average molecular weight is 355 g/mol. The maximum absolute atomic E-state index is 12.9. The molecule has 1 aromatic heterocycles. The maximum Gasteiger partial charge on any atom is 0.261 e. The molecule has 1 aliphatic heterocycles. The molecule has 5 nitrogen and oxygen atoms in total. The third-order valence-corrected chi connectivity index (χ3v) is 5.09. The lowest BCUT2D eigenvalue weighted by molar-refractivity contribution is 0.0755. The van der Waals surface area contributed by atoms with Crippen LogP contribution in [0.4, 0.5) is 0 Å². The number of hydrogen-bond donors (Lipinski definition) is 0. The highest BCUT2D eigenvalue weighted by Gasteiger charge is 2.17. The molecule has 26 heavy (non-hydrogen) atoms. The van der Waals surface area contributed by atoms with Crippen LogP contribution in [-0.4, -0.2) is 33.4 Å². The SMILES string of the molecule is CCCN(CCC)C(=O)c1ccc2c(=O)n3c(nc2c1)CCCCCC3. The predicted octanol–water partition coefficient (Wildman–Crippen LogP) is 3.78. The Balaban J connectivity index is 2.01. The molecule has 1 aromatic carbocycles. The summed E-state index contributed by atoms with van der Waals surface area (Å²) in [5.74, 6) is 0.898. The van der Waals surface area contributed by atoms with Gasteiger partial charge in [0.15, 0.2) is 0 Å². The van der Waals surface area contributed by atoms with Crippen molar-refractivity contribution >= 4 is 16.8 Å². The van der Waals surface area contributed by atoms with E-state index in [0.29, 0.717) is 16.5 Å². The van der Waals surface area contributed by atoms with Gasteiger partial charge >= 0.3 is 0 Å². The van der Waals surface area contributed by atoms with Gasteiger partial charge in [-0.05, 0) is 43.9 Å². The second-order valence-corrected chi connectivity index (χ2v) is 7.17. The molecular formula is C21H29N3O2. The summed E-state index contributed by atoms with van der Waals surface area (Å²) < 4.78 is 1.84. The zero-order valence-electron chi connectivity index (χ0n) is 16.0. The van der Waals surface area contributed by atoms with Crippen molar-refractivity contribution in [2.24, 2.45) is 0 Å². The molecule has 2 aromatic rings. The summed E-state index contributed by atoms with van der Waals surface area (Å²) >= 11 is 0. The third kappa shape index (κ3) is 3.81. The summed E-state index contributed by atoms with van der Waals surface area (Å²) in [6.07, 6.45) is 7.16. The van der Waals surface area contributed by atoms with E-state index in [4.69, 9.17) is 4.98 Å². The minimum atomic E-state index is 0.0317. The second kappa shape index (κ2) is 8.47. The molecular weight excluding hydrogens is 326 g/mol. The van der Waals surface area contributed by atoms with Crippen molar-refractivity contribution in [2.45, 2.75) is 65.3 Å². The van der Waals surface area contributed by atoms with Gasteiger partial charge in [0.05, 0.1) is 10.9 Å². The normalized spacial score (nSPS) is 14.5. The van der Waals surface area contributed by atoms with Gasteiger partial charge in [0.1, 0.15) is 5.82 Å². The molecule has 0 aliphatic carbocycles. The minimum absolute atomic E-state index is 0.0317. The van der Waals surface area contributed by atoms with Crippen LogP contribution in [0, 0.1) is 0 Å². The van der Waals surface area contributed by atoms with Gasteiger partial charge in [-0.3, -0.25) is 14.2 Å². The maximum atomic E-state index is 12.9. The fourth-order valence-electron chi connectivity index (χ4n) is 3.77. The van der Waals surface area contributed by atoms with Crippen LogP contribution in [-0.2, 0) is 13.0 Å². The molecule has 0 N–H and O–H groups in total. The van der Waals surface area contributed by atoms with Crippen molar-refractivity contribution < 1.29 is 4.79 Å². The topological polar surface area (TPSA) is 55.2 Å². The molecule has 2 heterocycles. The molecule has 0 atom stereocenters. The second-order valence-electron chi connectivity index (χ2n) is 7.17. The molecule has 5 heteroatoms. The van der Waals surface area contributed by atoms with E-state index in [9.17, 15) is 9.59 Å². The highest BCUT2D eigenvalue weighted by atomic mass is 16.2. The monoisotopic (exact) mass is 355 g/mol. The summed E-state index contributed by atoms with van der Waals surface area (Å²) in [6, 6.07) is 5.36. The van der Waals surface area contributed by atoms with E-state index in [1.165, 1.54) is 12.8 Å². The molecule has 0 radical (unpaired) electrons. The number of carbonyl (C=O) groups is 1. The Kier molecular flexibility index (Phi) is 6.07. The van der Waals surface area contributed by atoms with Gasteiger partial charge in [-0.25, -0.2) is 4.98 Å². The van der Waals surface area contributed by atoms with Gasteiger partial charge < -0.3 is 4.90 Å². The van der Waals surface area contributed by atoms with Gasteiger partial charge in [0.25, 0.3) is 11.5 Å². The van der Waals surface area contributed by atoms with Crippen LogP contribution in [0.1, 0.15) is 68.6 Å². The quantitative estimate of drug-likeness (QED) is 0.820. The standard InChI is InChI=1S/C21H29N3O2/c1-3-12-23(13-4-2)20(25)16-10-11-17-18(15-16)22-19-9-7-5-6-8-14-24(19)21(17)26/h10-11,15H,3-9,12-14H2,1-2H3. The van der Waals surface area contributed by atoms with Gasteiger partial charge in [-0.1, -0.05) is 26.7 Å². The van der Waals surface area contributed by atoms with Crippen LogP contribution in [0.25, 0.3) is 10.9 Å².